The lowest BCUT2D eigenvalue weighted by Gasteiger charge is -2.09. The molecule has 0 spiro atoms. The van der Waals surface area contributed by atoms with Crippen molar-refractivity contribution in [3.8, 4) is 28.6 Å². The van der Waals surface area contributed by atoms with Gasteiger partial charge in [-0.2, -0.15) is 0 Å². The summed E-state index contributed by atoms with van der Waals surface area (Å²) in [6.07, 6.45) is 7.40. The highest BCUT2D eigenvalue weighted by molar-refractivity contribution is 6.08. The second-order valence-electron chi connectivity index (χ2n) is 12.3. The number of allylic oxidation sites excluding steroid dienone is 1. The first-order valence-electron chi connectivity index (χ1n) is 17.7. The molecule has 54 heavy (non-hydrogen) atoms. The third kappa shape index (κ3) is 11.0. The van der Waals surface area contributed by atoms with E-state index >= 15 is 0 Å². The van der Waals surface area contributed by atoms with Crippen molar-refractivity contribution in [2.45, 2.75) is 25.8 Å². The fraction of sp³-hybridized carbons (Fsp3) is 0.238. The van der Waals surface area contributed by atoms with Crippen molar-refractivity contribution in [3.63, 3.8) is 0 Å². The summed E-state index contributed by atoms with van der Waals surface area (Å²) in [5.41, 5.74) is 2.93. The Morgan fingerprint density at radius 1 is 0.815 bits per heavy atom. The Hall–Kier alpha value is -6.11. The number of hydrogen-bond donors (Lipinski definition) is 1. The number of phenolic OH excluding ortho intramolecular Hbond substituents is 1. The molecule has 0 radical (unpaired) electrons. The van der Waals surface area contributed by atoms with Gasteiger partial charge in [-0.1, -0.05) is 53.8 Å². The summed E-state index contributed by atoms with van der Waals surface area (Å²) < 4.78 is 43.9. The molecule has 1 N–H and O–H groups in total. The van der Waals surface area contributed by atoms with E-state index in [9.17, 15) is 19.1 Å². The normalized spacial score (nSPS) is 11.4. The first-order chi connectivity index (χ1) is 26.4. The van der Waals surface area contributed by atoms with E-state index in [0.29, 0.717) is 68.7 Å². The molecule has 4 aromatic carbocycles. The molecule has 11 nitrogen and oxygen atoms in total. The van der Waals surface area contributed by atoms with Gasteiger partial charge >= 0.3 is 0 Å². The largest absolute Gasteiger partial charge is 0.507 e. The first-order valence-corrected chi connectivity index (χ1v) is 17.7. The summed E-state index contributed by atoms with van der Waals surface area (Å²) in [6, 6.07) is 26.8. The van der Waals surface area contributed by atoms with Gasteiger partial charge in [0.1, 0.15) is 41.0 Å². The third-order valence-electron chi connectivity index (χ3n) is 8.31. The van der Waals surface area contributed by atoms with Crippen LogP contribution in [0.4, 0.5) is 4.39 Å². The maximum Gasteiger partial charge on any atom is 0.193 e. The number of phenols is 1. The molecule has 0 aliphatic heterocycles. The first kappa shape index (κ1) is 37.6. The summed E-state index contributed by atoms with van der Waals surface area (Å²) in [7, 11) is 0. The van der Waals surface area contributed by atoms with E-state index in [-0.39, 0.29) is 11.0 Å². The van der Waals surface area contributed by atoms with E-state index in [0.717, 1.165) is 54.0 Å². The topological polar surface area (TPSA) is 135 Å². The molecule has 0 aliphatic carbocycles. The van der Waals surface area contributed by atoms with Gasteiger partial charge in [-0.05, 0) is 67.3 Å². The highest BCUT2D eigenvalue weighted by atomic mass is 19.1. The van der Waals surface area contributed by atoms with E-state index in [2.05, 4.69) is 10.3 Å². The van der Waals surface area contributed by atoms with Crippen LogP contribution in [-0.4, -0.2) is 65.5 Å². The number of hydrogen-bond acceptors (Lipinski definition) is 10. The molecule has 0 unspecified atom stereocenters. The molecular weight excluding hydrogens is 693 g/mol. The number of carbonyl (C=O) groups is 1. The lowest BCUT2D eigenvalue weighted by atomic mass is 10.1. The summed E-state index contributed by atoms with van der Waals surface area (Å²) in [5, 5.41) is 18.7. The summed E-state index contributed by atoms with van der Waals surface area (Å²) in [6.45, 7) is 3.19. The van der Waals surface area contributed by atoms with Crippen molar-refractivity contribution in [2.75, 3.05) is 39.6 Å². The monoisotopic (exact) mass is 733 g/mol. The van der Waals surface area contributed by atoms with Crippen molar-refractivity contribution in [1.82, 2.24) is 15.0 Å². The highest BCUT2D eigenvalue weighted by Gasteiger charge is 2.10. The lowest BCUT2D eigenvalue weighted by Crippen LogP contribution is -2.13. The molecule has 0 fully saturated rings. The van der Waals surface area contributed by atoms with Gasteiger partial charge in [0.25, 0.3) is 0 Å². The predicted molar refractivity (Wildman–Crippen MR) is 201 cm³/mol. The van der Waals surface area contributed by atoms with Crippen LogP contribution in [0.1, 0.15) is 34.5 Å². The van der Waals surface area contributed by atoms with Crippen LogP contribution < -0.4 is 14.9 Å². The van der Waals surface area contributed by atoms with E-state index in [1.807, 2.05) is 60.8 Å². The fourth-order valence-corrected chi connectivity index (χ4v) is 5.48. The van der Waals surface area contributed by atoms with Crippen LogP contribution in [0, 0.1) is 5.82 Å². The van der Waals surface area contributed by atoms with Crippen LogP contribution in [0.5, 0.6) is 17.2 Å². The third-order valence-corrected chi connectivity index (χ3v) is 8.31. The van der Waals surface area contributed by atoms with Gasteiger partial charge in [-0.25, -0.2) is 9.07 Å². The molecule has 0 atom stereocenters. The number of benzene rings is 4. The SMILES string of the molecule is O=C(/C=C/c1ccc(OCCCCc2cn(CCOCCOCCOc3ccc4c(=O)cc(-c5ccccc5)oc4c3)nn2)cc1)c1ccc(F)cc1O. The van der Waals surface area contributed by atoms with Crippen molar-refractivity contribution >= 4 is 22.8 Å². The van der Waals surface area contributed by atoms with E-state index < -0.39 is 17.3 Å². The number of rotatable bonds is 20. The average molecular weight is 734 g/mol. The Morgan fingerprint density at radius 3 is 2.39 bits per heavy atom. The van der Waals surface area contributed by atoms with Gasteiger partial charge in [0.15, 0.2) is 11.2 Å². The number of fused-ring (bicyclic) bond motifs is 1. The van der Waals surface area contributed by atoms with E-state index in [1.54, 1.807) is 29.0 Å². The number of ketones is 1. The van der Waals surface area contributed by atoms with Crippen molar-refractivity contribution < 1.29 is 37.7 Å². The number of ether oxygens (including phenoxy) is 4. The van der Waals surface area contributed by atoms with Crippen LogP contribution in [-0.2, 0) is 22.4 Å². The standard InChI is InChI=1S/C42H40FN3O8/c43-32-12-16-36(39(48)26-32)38(47)18-11-30-9-13-34(14-10-30)52-20-5-4-8-33-29-46(45-44-33)19-21-50-22-23-51-24-25-53-35-15-17-37-40(49)28-41(54-42(37)27-35)31-6-2-1-3-7-31/h1-3,6-7,9-18,26-29,48H,4-5,8,19-25H2/b18-11+. The second-order valence-corrected chi connectivity index (χ2v) is 12.3. The predicted octanol–water partition coefficient (Wildman–Crippen LogP) is 7.31. The van der Waals surface area contributed by atoms with Crippen LogP contribution in [0.3, 0.4) is 0 Å². The molecule has 2 heterocycles. The van der Waals surface area contributed by atoms with Gasteiger partial charge in [0.2, 0.25) is 0 Å². The minimum Gasteiger partial charge on any atom is -0.507 e. The number of carbonyl (C=O) groups excluding carboxylic acids is 1. The molecule has 12 heteroatoms. The summed E-state index contributed by atoms with van der Waals surface area (Å²) in [4.78, 5) is 24.9. The van der Waals surface area contributed by atoms with E-state index in [1.165, 1.54) is 18.2 Å². The zero-order valence-corrected chi connectivity index (χ0v) is 29.6. The Bertz CT molecular complexity index is 2220. The van der Waals surface area contributed by atoms with Crippen LogP contribution in [0.2, 0.25) is 0 Å². The number of aromatic nitrogens is 3. The molecule has 0 saturated carbocycles. The zero-order valence-electron chi connectivity index (χ0n) is 29.6. The van der Waals surface area contributed by atoms with Gasteiger partial charge in [0, 0.05) is 30.0 Å². The number of unbranched alkanes of at least 4 members (excludes halogenated alkanes) is 1. The van der Waals surface area contributed by atoms with Crippen molar-refractivity contribution in [1.29, 1.82) is 0 Å². The lowest BCUT2D eigenvalue weighted by molar-refractivity contribution is 0.0333. The minimum atomic E-state index is -0.606. The average Bonchev–Trinajstić information content (AvgIpc) is 3.64. The number of halogens is 1. The molecule has 6 rings (SSSR count). The Kier molecular flexibility index (Phi) is 13.3. The number of aromatic hydroxyl groups is 1. The van der Waals surface area contributed by atoms with Gasteiger partial charge in [-0.3, -0.25) is 9.59 Å². The quantitative estimate of drug-likeness (QED) is 0.0484. The van der Waals surface area contributed by atoms with Crippen LogP contribution >= 0.6 is 0 Å². The van der Waals surface area contributed by atoms with Gasteiger partial charge in [-0.15, -0.1) is 5.10 Å². The minimum absolute atomic E-state index is 0.0402. The molecule has 0 bridgehead atoms. The van der Waals surface area contributed by atoms with Crippen LogP contribution in [0.15, 0.2) is 119 Å². The Balaban J connectivity index is 0.796. The Labute approximate surface area is 311 Å². The molecule has 0 amide bonds. The maximum absolute atomic E-state index is 13.2. The molecular formula is C42H40FN3O8. The number of nitrogens with zero attached hydrogens (tertiary/aromatic N) is 3. The zero-order chi connectivity index (χ0) is 37.5. The maximum atomic E-state index is 13.2. The second kappa shape index (κ2) is 19.1. The smallest absolute Gasteiger partial charge is 0.193 e. The molecule has 6 aromatic rings. The number of aryl methyl sites for hydroxylation is 1. The summed E-state index contributed by atoms with van der Waals surface area (Å²) >= 11 is 0. The van der Waals surface area contributed by atoms with Crippen molar-refractivity contribution in [2.24, 2.45) is 0 Å². The molecule has 0 saturated heterocycles. The fourth-order valence-electron chi connectivity index (χ4n) is 5.48. The van der Waals surface area contributed by atoms with E-state index in [4.69, 9.17) is 23.4 Å². The van der Waals surface area contributed by atoms with Gasteiger partial charge in [0.05, 0.1) is 56.2 Å². The van der Waals surface area contributed by atoms with Gasteiger partial charge < -0.3 is 28.5 Å². The summed E-state index contributed by atoms with van der Waals surface area (Å²) in [5.74, 6) is 0.406. The van der Waals surface area contributed by atoms with Crippen molar-refractivity contribution in [3.05, 3.63) is 142 Å². The molecule has 0 aliphatic rings. The highest BCUT2D eigenvalue weighted by Crippen LogP contribution is 2.25. The Morgan fingerprint density at radius 2 is 1.57 bits per heavy atom. The van der Waals surface area contributed by atoms with Crippen LogP contribution in [0.25, 0.3) is 28.4 Å². The molecule has 2 aromatic heterocycles. The molecule has 278 valence electrons.